The number of nitrogen functional groups attached to an aromatic ring is 1. The highest BCUT2D eigenvalue weighted by Gasteiger charge is 2.16. The van der Waals surface area contributed by atoms with E-state index in [0.717, 1.165) is 16.9 Å². The number of benzene rings is 1. The third-order valence-corrected chi connectivity index (χ3v) is 4.19. The van der Waals surface area contributed by atoms with Gasteiger partial charge in [0.15, 0.2) is 0 Å². The van der Waals surface area contributed by atoms with Gasteiger partial charge in [-0.3, -0.25) is 4.79 Å². The van der Waals surface area contributed by atoms with Crippen molar-refractivity contribution < 1.29 is 9.53 Å². The summed E-state index contributed by atoms with van der Waals surface area (Å²) in [5.74, 6) is 0.514. The van der Waals surface area contributed by atoms with Crippen molar-refractivity contribution in [3.8, 4) is 0 Å². The van der Waals surface area contributed by atoms with Crippen LogP contribution in [-0.4, -0.2) is 22.6 Å². The van der Waals surface area contributed by atoms with Crippen LogP contribution in [0.3, 0.4) is 0 Å². The van der Waals surface area contributed by atoms with Crippen molar-refractivity contribution in [2.45, 2.75) is 13.0 Å². The molecule has 0 radical (unpaired) electrons. The summed E-state index contributed by atoms with van der Waals surface area (Å²) >= 11 is 1.66. The molecular formula is C15H15N3O2S. The Labute approximate surface area is 126 Å². The molecule has 21 heavy (non-hydrogen) atoms. The summed E-state index contributed by atoms with van der Waals surface area (Å²) in [5.41, 5.74) is 8.18. The van der Waals surface area contributed by atoms with E-state index >= 15 is 0 Å². The Bertz CT molecular complexity index is 778. The minimum absolute atomic E-state index is 0.136. The molecule has 0 aliphatic rings. The summed E-state index contributed by atoms with van der Waals surface area (Å²) in [5, 5.41) is 2.02. The molecule has 0 saturated carbocycles. The number of fused-ring (bicyclic) bond motifs is 1. The fraction of sp³-hybridized carbons (Fsp3) is 0.200. The van der Waals surface area contributed by atoms with Crippen molar-refractivity contribution in [3.05, 3.63) is 46.4 Å². The van der Waals surface area contributed by atoms with E-state index in [2.05, 4.69) is 11.1 Å². The molecule has 2 heterocycles. The Balaban J connectivity index is 2.10. The highest BCUT2D eigenvalue weighted by Crippen LogP contribution is 2.24. The van der Waals surface area contributed by atoms with Crippen LogP contribution in [0.2, 0.25) is 0 Å². The van der Waals surface area contributed by atoms with E-state index in [1.165, 1.54) is 12.0 Å². The van der Waals surface area contributed by atoms with E-state index in [-0.39, 0.29) is 12.5 Å². The smallest absolute Gasteiger partial charge is 0.325 e. The molecular weight excluding hydrogens is 286 g/mol. The zero-order valence-electron chi connectivity index (χ0n) is 11.6. The number of imidazole rings is 1. The molecule has 0 fully saturated rings. The molecule has 2 aromatic heterocycles. The molecule has 0 atom stereocenters. The van der Waals surface area contributed by atoms with Crippen LogP contribution in [0.5, 0.6) is 0 Å². The zero-order chi connectivity index (χ0) is 14.8. The van der Waals surface area contributed by atoms with Crippen molar-refractivity contribution in [2.24, 2.45) is 0 Å². The molecule has 0 saturated heterocycles. The number of rotatable bonds is 4. The number of thiophene rings is 1. The first-order valence-corrected chi connectivity index (χ1v) is 7.40. The van der Waals surface area contributed by atoms with E-state index in [4.69, 9.17) is 10.5 Å². The Hall–Kier alpha value is -2.34. The van der Waals surface area contributed by atoms with Gasteiger partial charge in [-0.1, -0.05) is 12.1 Å². The predicted octanol–water partition coefficient (Wildman–Crippen LogP) is 2.44. The minimum atomic E-state index is -0.302. The minimum Gasteiger partial charge on any atom is -0.468 e. The molecule has 3 rings (SSSR count). The fourth-order valence-corrected chi connectivity index (χ4v) is 2.99. The van der Waals surface area contributed by atoms with Gasteiger partial charge in [-0.05, 0) is 23.6 Å². The van der Waals surface area contributed by atoms with Crippen LogP contribution >= 0.6 is 11.3 Å². The Morgan fingerprint density at radius 3 is 2.95 bits per heavy atom. The van der Waals surface area contributed by atoms with Gasteiger partial charge in [0, 0.05) is 11.3 Å². The molecule has 0 spiro atoms. The molecule has 0 aliphatic heterocycles. The summed E-state index contributed by atoms with van der Waals surface area (Å²) in [6.45, 7) is 0.136. The highest BCUT2D eigenvalue weighted by molar-refractivity contribution is 7.09. The fourth-order valence-electron chi connectivity index (χ4n) is 2.29. The number of esters is 1. The van der Waals surface area contributed by atoms with Crippen LogP contribution in [0.15, 0.2) is 35.7 Å². The van der Waals surface area contributed by atoms with Gasteiger partial charge in [0.25, 0.3) is 0 Å². The number of anilines is 1. The average Bonchev–Trinajstić information content (AvgIpc) is 3.10. The number of methoxy groups -OCH3 is 1. The van der Waals surface area contributed by atoms with Gasteiger partial charge < -0.3 is 15.0 Å². The number of ether oxygens (including phenoxy) is 1. The van der Waals surface area contributed by atoms with Crippen LogP contribution in [0.25, 0.3) is 11.0 Å². The number of carbonyl (C=O) groups is 1. The van der Waals surface area contributed by atoms with Gasteiger partial charge in [0.1, 0.15) is 17.9 Å². The number of hydrogen-bond acceptors (Lipinski definition) is 5. The monoisotopic (exact) mass is 301 g/mol. The van der Waals surface area contributed by atoms with Crippen LogP contribution < -0.4 is 5.73 Å². The van der Waals surface area contributed by atoms with E-state index in [9.17, 15) is 4.79 Å². The van der Waals surface area contributed by atoms with Crippen molar-refractivity contribution in [2.75, 3.05) is 12.8 Å². The maximum Gasteiger partial charge on any atom is 0.325 e. The van der Waals surface area contributed by atoms with Gasteiger partial charge in [-0.15, -0.1) is 11.3 Å². The van der Waals surface area contributed by atoms with E-state index in [0.29, 0.717) is 12.1 Å². The molecule has 0 bridgehead atoms. The van der Waals surface area contributed by atoms with E-state index < -0.39 is 0 Å². The zero-order valence-corrected chi connectivity index (χ0v) is 12.4. The number of aromatic nitrogens is 2. The quantitative estimate of drug-likeness (QED) is 0.593. The molecule has 108 valence electrons. The first kappa shape index (κ1) is 13.6. The van der Waals surface area contributed by atoms with E-state index in [1.54, 1.807) is 11.3 Å². The van der Waals surface area contributed by atoms with Crippen molar-refractivity contribution >= 4 is 34.0 Å². The first-order valence-electron chi connectivity index (χ1n) is 6.52. The lowest BCUT2D eigenvalue weighted by atomic mass is 10.3. The van der Waals surface area contributed by atoms with Crippen molar-refractivity contribution in [1.29, 1.82) is 0 Å². The second-order valence-corrected chi connectivity index (χ2v) is 5.69. The molecule has 3 aromatic rings. The third-order valence-electron chi connectivity index (χ3n) is 3.32. The van der Waals surface area contributed by atoms with Gasteiger partial charge in [-0.25, -0.2) is 4.98 Å². The maximum absolute atomic E-state index is 11.7. The number of hydrogen-bond donors (Lipinski definition) is 1. The molecule has 0 unspecified atom stereocenters. The highest BCUT2D eigenvalue weighted by atomic mass is 32.1. The second kappa shape index (κ2) is 5.57. The molecule has 2 N–H and O–H groups in total. The van der Waals surface area contributed by atoms with Gasteiger partial charge in [-0.2, -0.15) is 0 Å². The summed E-state index contributed by atoms with van der Waals surface area (Å²) in [4.78, 5) is 17.5. The first-order chi connectivity index (χ1) is 10.2. The number of para-hydroxylation sites is 1. The molecule has 1 aromatic carbocycles. The van der Waals surface area contributed by atoms with Gasteiger partial charge in [0.2, 0.25) is 0 Å². The average molecular weight is 301 g/mol. The molecule has 5 nitrogen and oxygen atoms in total. The summed E-state index contributed by atoms with van der Waals surface area (Å²) < 4.78 is 6.65. The summed E-state index contributed by atoms with van der Waals surface area (Å²) in [6.07, 6.45) is 0.669. The largest absolute Gasteiger partial charge is 0.468 e. The lowest BCUT2D eigenvalue weighted by Crippen LogP contribution is -2.14. The van der Waals surface area contributed by atoms with Crippen LogP contribution in [0, 0.1) is 0 Å². The summed E-state index contributed by atoms with van der Waals surface area (Å²) in [7, 11) is 1.38. The summed E-state index contributed by atoms with van der Waals surface area (Å²) in [6, 6.07) is 9.64. The number of nitrogens with zero attached hydrogens (tertiary/aromatic N) is 2. The Morgan fingerprint density at radius 1 is 1.38 bits per heavy atom. The standard InChI is InChI=1S/C15H15N3O2S/c1-20-14(19)9-18-12-6-2-5-11(16)15(12)17-13(18)8-10-4-3-7-21-10/h2-7H,8-9,16H2,1H3. The number of nitrogens with two attached hydrogens (primary N) is 1. The second-order valence-electron chi connectivity index (χ2n) is 4.66. The Morgan fingerprint density at radius 2 is 2.24 bits per heavy atom. The third kappa shape index (κ3) is 2.62. The van der Waals surface area contributed by atoms with Gasteiger partial charge >= 0.3 is 5.97 Å². The topological polar surface area (TPSA) is 70.1 Å². The molecule has 0 amide bonds. The van der Waals surface area contributed by atoms with Gasteiger partial charge in [0.05, 0.1) is 18.3 Å². The normalized spacial score (nSPS) is 10.9. The van der Waals surface area contributed by atoms with Crippen molar-refractivity contribution in [1.82, 2.24) is 9.55 Å². The lowest BCUT2D eigenvalue weighted by Gasteiger charge is -2.07. The van der Waals surface area contributed by atoms with Crippen LogP contribution in [0.4, 0.5) is 5.69 Å². The van der Waals surface area contributed by atoms with Crippen LogP contribution in [0.1, 0.15) is 10.7 Å². The molecule has 6 heteroatoms. The molecule has 0 aliphatic carbocycles. The number of carbonyl (C=O) groups excluding carboxylic acids is 1. The van der Waals surface area contributed by atoms with Crippen molar-refractivity contribution in [3.63, 3.8) is 0 Å². The Kier molecular flexibility index (Phi) is 3.62. The van der Waals surface area contributed by atoms with Crippen LogP contribution in [-0.2, 0) is 22.5 Å². The maximum atomic E-state index is 11.7. The SMILES string of the molecule is COC(=O)Cn1c(Cc2cccs2)nc2c(N)cccc21. The predicted molar refractivity (Wildman–Crippen MR) is 83.3 cm³/mol. The van der Waals surface area contributed by atoms with E-state index in [1.807, 2.05) is 34.2 Å². The lowest BCUT2D eigenvalue weighted by molar-refractivity contribution is -0.141.